The number of carbonyl (C=O) groups excluding carboxylic acids is 2. The topological polar surface area (TPSA) is 82.7 Å². The van der Waals surface area contributed by atoms with E-state index in [1.807, 2.05) is 42.5 Å². The summed E-state index contributed by atoms with van der Waals surface area (Å²) in [5, 5.41) is 8.72. The number of methoxy groups -OCH3 is 1. The number of carbonyl (C=O) groups is 2. The second kappa shape index (κ2) is 9.75. The molecule has 3 N–H and O–H groups in total. The van der Waals surface area contributed by atoms with Gasteiger partial charge in [0.1, 0.15) is 5.75 Å². The van der Waals surface area contributed by atoms with E-state index in [1.54, 1.807) is 19.2 Å². The Morgan fingerprint density at radius 1 is 1.00 bits per heavy atom. The Hall–Kier alpha value is -3.06. The molecular formula is C21H26N4O3. The summed E-state index contributed by atoms with van der Waals surface area (Å²) in [5.74, 6) is 0.600. The van der Waals surface area contributed by atoms with Crippen LogP contribution in [0.2, 0.25) is 0 Å². The zero-order valence-corrected chi connectivity index (χ0v) is 16.0. The van der Waals surface area contributed by atoms with Crippen molar-refractivity contribution in [2.24, 2.45) is 0 Å². The summed E-state index contributed by atoms with van der Waals surface area (Å²) in [6.07, 6.45) is 1.61. The molecule has 0 unspecified atom stereocenters. The molecule has 0 radical (unpaired) electrons. The SMILES string of the molecule is COc1ccccc1NC(=O)NC1CCN(CC(=O)Nc2ccccc2)CC1. The van der Waals surface area contributed by atoms with E-state index in [9.17, 15) is 9.59 Å². The standard InChI is InChI=1S/C21H26N4O3/c1-28-19-10-6-5-9-18(19)24-21(27)23-17-11-13-25(14-12-17)15-20(26)22-16-7-3-2-4-8-16/h2-10,17H,11-15H2,1H3,(H,22,26)(H2,23,24,27). The summed E-state index contributed by atoms with van der Waals surface area (Å²) in [4.78, 5) is 26.5. The van der Waals surface area contributed by atoms with E-state index in [2.05, 4.69) is 20.9 Å². The first-order valence-corrected chi connectivity index (χ1v) is 9.42. The molecule has 7 nitrogen and oxygen atoms in total. The fraction of sp³-hybridized carbons (Fsp3) is 0.333. The normalized spacial score (nSPS) is 14.9. The van der Waals surface area contributed by atoms with E-state index < -0.39 is 0 Å². The first kappa shape index (κ1) is 19.7. The van der Waals surface area contributed by atoms with Crippen molar-refractivity contribution in [3.05, 3.63) is 54.6 Å². The minimum Gasteiger partial charge on any atom is -0.495 e. The number of benzene rings is 2. The van der Waals surface area contributed by atoms with E-state index in [4.69, 9.17) is 4.74 Å². The average Bonchev–Trinajstić information content (AvgIpc) is 2.70. The van der Waals surface area contributed by atoms with Crippen LogP contribution in [-0.4, -0.2) is 49.6 Å². The summed E-state index contributed by atoms with van der Waals surface area (Å²) in [7, 11) is 1.57. The predicted octanol–water partition coefficient (Wildman–Crippen LogP) is 2.92. The van der Waals surface area contributed by atoms with Gasteiger partial charge in [-0.2, -0.15) is 0 Å². The Kier molecular flexibility index (Phi) is 6.86. The molecule has 0 aromatic heterocycles. The van der Waals surface area contributed by atoms with Crippen LogP contribution in [0, 0.1) is 0 Å². The quantitative estimate of drug-likeness (QED) is 0.717. The van der Waals surface area contributed by atoms with Crippen LogP contribution < -0.4 is 20.7 Å². The molecule has 7 heteroatoms. The van der Waals surface area contributed by atoms with E-state index in [0.29, 0.717) is 18.0 Å². The number of para-hydroxylation sites is 3. The van der Waals surface area contributed by atoms with Crippen LogP contribution in [0.5, 0.6) is 5.75 Å². The van der Waals surface area contributed by atoms with Crippen LogP contribution in [0.15, 0.2) is 54.6 Å². The van der Waals surface area contributed by atoms with Crippen molar-refractivity contribution in [2.45, 2.75) is 18.9 Å². The highest BCUT2D eigenvalue weighted by Crippen LogP contribution is 2.23. The molecule has 148 valence electrons. The Morgan fingerprint density at radius 2 is 1.68 bits per heavy atom. The van der Waals surface area contributed by atoms with Gasteiger partial charge in [0.25, 0.3) is 0 Å². The Labute approximate surface area is 165 Å². The lowest BCUT2D eigenvalue weighted by atomic mass is 10.1. The maximum atomic E-state index is 12.3. The highest BCUT2D eigenvalue weighted by atomic mass is 16.5. The second-order valence-electron chi connectivity index (χ2n) is 6.76. The van der Waals surface area contributed by atoms with Crippen LogP contribution in [0.25, 0.3) is 0 Å². The maximum absolute atomic E-state index is 12.3. The third-order valence-corrected chi connectivity index (χ3v) is 4.70. The van der Waals surface area contributed by atoms with Gasteiger partial charge in [-0.05, 0) is 37.1 Å². The molecule has 3 amide bonds. The van der Waals surface area contributed by atoms with Gasteiger partial charge in [-0.1, -0.05) is 30.3 Å². The fourth-order valence-corrected chi connectivity index (χ4v) is 3.25. The lowest BCUT2D eigenvalue weighted by molar-refractivity contribution is -0.117. The number of nitrogens with zero attached hydrogens (tertiary/aromatic N) is 1. The molecule has 1 aliphatic rings. The average molecular weight is 382 g/mol. The second-order valence-corrected chi connectivity index (χ2v) is 6.76. The smallest absolute Gasteiger partial charge is 0.319 e. The van der Waals surface area contributed by atoms with Crippen LogP contribution >= 0.6 is 0 Å². The number of likely N-dealkylation sites (tertiary alicyclic amines) is 1. The van der Waals surface area contributed by atoms with Crippen LogP contribution in [0.4, 0.5) is 16.2 Å². The Morgan fingerprint density at radius 3 is 2.39 bits per heavy atom. The van der Waals surface area contributed by atoms with Crippen LogP contribution in [0.3, 0.4) is 0 Å². The van der Waals surface area contributed by atoms with E-state index in [-0.39, 0.29) is 18.0 Å². The molecule has 1 fully saturated rings. The monoisotopic (exact) mass is 382 g/mol. The van der Waals surface area contributed by atoms with E-state index >= 15 is 0 Å². The van der Waals surface area contributed by atoms with Crippen molar-refractivity contribution in [1.29, 1.82) is 0 Å². The number of ether oxygens (including phenoxy) is 1. The lowest BCUT2D eigenvalue weighted by Gasteiger charge is -2.31. The Balaban J connectivity index is 1.40. The molecular weight excluding hydrogens is 356 g/mol. The largest absolute Gasteiger partial charge is 0.495 e. The molecule has 3 rings (SSSR count). The van der Waals surface area contributed by atoms with Gasteiger partial charge in [-0.15, -0.1) is 0 Å². The lowest BCUT2D eigenvalue weighted by Crippen LogP contribution is -2.47. The number of piperidine rings is 1. The molecule has 0 aliphatic carbocycles. The maximum Gasteiger partial charge on any atom is 0.319 e. The summed E-state index contributed by atoms with van der Waals surface area (Å²) in [5.41, 5.74) is 1.44. The van der Waals surface area contributed by atoms with Gasteiger partial charge in [-0.25, -0.2) is 4.79 Å². The molecule has 0 bridgehead atoms. The van der Waals surface area contributed by atoms with Crippen molar-refractivity contribution in [3.63, 3.8) is 0 Å². The third kappa shape index (κ3) is 5.72. The van der Waals surface area contributed by atoms with Crippen molar-refractivity contribution in [2.75, 3.05) is 37.4 Å². The molecule has 1 heterocycles. The van der Waals surface area contributed by atoms with Gasteiger partial charge >= 0.3 is 6.03 Å². The molecule has 2 aromatic rings. The van der Waals surface area contributed by atoms with Crippen molar-refractivity contribution in [1.82, 2.24) is 10.2 Å². The van der Waals surface area contributed by atoms with E-state index in [1.165, 1.54) is 0 Å². The molecule has 1 saturated heterocycles. The van der Waals surface area contributed by atoms with Crippen molar-refractivity contribution in [3.8, 4) is 5.75 Å². The summed E-state index contributed by atoms with van der Waals surface area (Å²) in [6, 6.07) is 16.6. The number of rotatable bonds is 6. The fourth-order valence-electron chi connectivity index (χ4n) is 3.25. The highest BCUT2D eigenvalue weighted by molar-refractivity contribution is 5.92. The molecule has 2 aromatic carbocycles. The van der Waals surface area contributed by atoms with Crippen molar-refractivity contribution < 1.29 is 14.3 Å². The van der Waals surface area contributed by atoms with Gasteiger partial charge in [0.15, 0.2) is 0 Å². The van der Waals surface area contributed by atoms with Crippen LogP contribution in [0.1, 0.15) is 12.8 Å². The zero-order valence-electron chi connectivity index (χ0n) is 16.0. The summed E-state index contributed by atoms with van der Waals surface area (Å²) < 4.78 is 5.24. The van der Waals surface area contributed by atoms with Gasteiger partial charge in [0.05, 0.1) is 19.3 Å². The first-order valence-electron chi connectivity index (χ1n) is 9.42. The molecule has 0 saturated carbocycles. The third-order valence-electron chi connectivity index (χ3n) is 4.70. The van der Waals surface area contributed by atoms with Gasteiger partial charge in [-0.3, -0.25) is 9.69 Å². The zero-order chi connectivity index (χ0) is 19.8. The predicted molar refractivity (Wildman–Crippen MR) is 110 cm³/mol. The minimum atomic E-state index is -0.246. The number of anilines is 2. The number of nitrogens with one attached hydrogen (secondary N) is 3. The number of amides is 3. The van der Waals surface area contributed by atoms with Crippen LogP contribution in [-0.2, 0) is 4.79 Å². The Bertz CT molecular complexity index is 789. The number of hydrogen-bond acceptors (Lipinski definition) is 4. The van der Waals surface area contributed by atoms with Gasteiger partial charge in [0.2, 0.25) is 5.91 Å². The molecule has 0 spiro atoms. The summed E-state index contributed by atoms with van der Waals surface area (Å²) in [6.45, 7) is 1.89. The molecule has 1 aliphatic heterocycles. The van der Waals surface area contributed by atoms with E-state index in [0.717, 1.165) is 31.6 Å². The first-order chi connectivity index (χ1) is 13.6. The van der Waals surface area contributed by atoms with Crippen molar-refractivity contribution >= 4 is 23.3 Å². The summed E-state index contributed by atoms with van der Waals surface area (Å²) >= 11 is 0. The number of hydrogen-bond donors (Lipinski definition) is 3. The molecule has 0 atom stereocenters. The number of urea groups is 1. The van der Waals surface area contributed by atoms with Gasteiger partial charge in [0, 0.05) is 24.8 Å². The minimum absolute atomic E-state index is 0.0217. The van der Waals surface area contributed by atoms with Gasteiger partial charge < -0.3 is 20.7 Å². The molecule has 28 heavy (non-hydrogen) atoms. The highest BCUT2D eigenvalue weighted by Gasteiger charge is 2.22.